The van der Waals surface area contributed by atoms with Crippen molar-refractivity contribution in [1.29, 1.82) is 0 Å². The summed E-state index contributed by atoms with van der Waals surface area (Å²) < 4.78 is 0. The maximum atomic E-state index is 11.8. The third kappa shape index (κ3) is 2.01. The van der Waals surface area contributed by atoms with E-state index in [1.807, 2.05) is 6.07 Å². The lowest BCUT2D eigenvalue weighted by Gasteiger charge is -2.26. The lowest BCUT2D eigenvalue weighted by molar-refractivity contribution is -0.116. The molecule has 4 nitrogen and oxygen atoms in total. The predicted octanol–water partition coefficient (Wildman–Crippen LogP) is 2.57. The van der Waals surface area contributed by atoms with Gasteiger partial charge in [0.1, 0.15) is 11.5 Å². The number of anilines is 1. The molecule has 0 aliphatic carbocycles. The zero-order valence-corrected chi connectivity index (χ0v) is 10.1. The molecule has 1 atom stereocenters. The summed E-state index contributed by atoms with van der Waals surface area (Å²) in [4.78, 5) is 11.8. The van der Waals surface area contributed by atoms with Gasteiger partial charge in [-0.25, -0.2) is 0 Å². The van der Waals surface area contributed by atoms with Crippen molar-refractivity contribution in [3.05, 3.63) is 53.6 Å². The summed E-state index contributed by atoms with van der Waals surface area (Å²) in [5, 5.41) is 22.3. The highest BCUT2D eigenvalue weighted by atomic mass is 16.3. The number of hydrogen-bond acceptors (Lipinski definition) is 3. The van der Waals surface area contributed by atoms with Crippen molar-refractivity contribution in [2.24, 2.45) is 0 Å². The van der Waals surface area contributed by atoms with E-state index in [1.165, 1.54) is 6.07 Å². The van der Waals surface area contributed by atoms with E-state index in [9.17, 15) is 15.0 Å². The van der Waals surface area contributed by atoms with Crippen LogP contribution in [0, 0.1) is 0 Å². The van der Waals surface area contributed by atoms with Gasteiger partial charge in [0.2, 0.25) is 5.91 Å². The van der Waals surface area contributed by atoms with Gasteiger partial charge < -0.3 is 15.5 Å². The number of benzene rings is 2. The van der Waals surface area contributed by atoms with Crippen molar-refractivity contribution in [3.63, 3.8) is 0 Å². The van der Waals surface area contributed by atoms with Gasteiger partial charge in [0.15, 0.2) is 0 Å². The molecule has 19 heavy (non-hydrogen) atoms. The van der Waals surface area contributed by atoms with Gasteiger partial charge in [-0.1, -0.05) is 18.2 Å². The molecule has 1 amide bonds. The van der Waals surface area contributed by atoms with E-state index in [0.717, 1.165) is 5.56 Å². The first-order valence-electron chi connectivity index (χ1n) is 6.06. The van der Waals surface area contributed by atoms with E-state index in [2.05, 4.69) is 5.32 Å². The number of hydrogen-bond donors (Lipinski definition) is 3. The van der Waals surface area contributed by atoms with Crippen molar-refractivity contribution in [3.8, 4) is 11.5 Å². The second kappa shape index (κ2) is 4.31. The number of phenolic OH excluding ortho intramolecular Hbond substituents is 2. The first kappa shape index (κ1) is 11.6. The molecule has 0 saturated carbocycles. The molecule has 0 fully saturated rings. The van der Waals surface area contributed by atoms with Gasteiger partial charge in [0.05, 0.1) is 0 Å². The number of carbonyl (C=O) groups excluding carboxylic acids is 1. The van der Waals surface area contributed by atoms with Crippen LogP contribution < -0.4 is 5.32 Å². The molecule has 1 aliphatic rings. The third-order valence-corrected chi connectivity index (χ3v) is 3.39. The molecule has 3 rings (SSSR count). The molecule has 0 aromatic heterocycles. The summed E-state index contributed by atoms with van der Waals surface area (Å²) in [5.74, 6) is -0.0182. The van der Waals surface area contributed by atoms with Crippen LogP contribution in [0.1, 0.15) is 23.5 Å². The first-order valence-corrected chi connectivity index (χ1v) is 6.06. The van der Waals surface area contributed by atoms with Crippen LogP contribution in [0.15, 0.2) is 42.5 Å². The number of phenols is 2. The highest BCUT2D eigenvalue weighted by Crippen LogP contribution is 2.41. The van der Waals surface area contributed by atoms with Gasteiger partial charge in [-0.15, -0.1) is 0 Å². The van der Waals surface area contributed by atoms with E-state index in [1.54, 1.807) is 30.3 Å². The summed E-state index contributed by atoms with van der Waals surface area (Å²) in [6.07, 6.45) is 0.258. The normalized spacial score (nSPS) is 17.7. The van der Waals surface area contributed by atoms with Crippen molar-refractivity contribution in [1.82, 2.24) is 0 Å². The standard InChI is InChI=1S/C15H13NO3/c17-9-5-6-13-12(7-9)11(8-15(19)16-13)10-3-1-2-4-14(10)18/h1-7,11,17-18H,8H2,(H,16,19). The molecule has 0 saturated heterocycles. The van der Waals surface area contributed by atoms with E-state index in [0.29, 0.717) is 11.3 Å². The fourth-order valence-electron chi connectivity index (χ4n) is 2.51. The molecular weight excluding hydrogens is 242 g/mol. The molecule has 2 aromatic carbocycles. The first-order chi connectivity index (χ1) is 9.15. The lowest BCUT2D eigenvalue weighted by atomic mass is 9.84. The molecule has 0 bridgehead atoms. The van der Waals surface area contributed by atoms with Crippen LogP contribution >= 0.6 is 0 Å². The largest absolute Gasteiger partial charge is 0.508 e. The van der Waals surface area contributed by atoms with Gasteiger partial charge in [0.25, 0.3) is 0 Å². The monoisotopic (exact) mass is 255 g/mol. The Morgan fingerprint density at radius 3 is 2.63 bits per heavy atom. The minimum absolute atomic E-state index is 0.0913. The van der Waals surface area contributed by atoms with E-state index in [-0.39, 0.29) is 29.7 Å². The number of aromatic hydroxyl groups is 2. The fourth-order valence-corrected chi connectivity index (χ4v) is 2.51. The van der Waals surface area contributed by atoms with Crippen LogP contribution in [0.3, 0.4) is 0 Å². The summed E-state index contributed by atoms with van der Waals surface area (Å²) in [5.41, 5.74) is 2.20. The van der Waals surface area contributed by atoms with Gasteiger partial charge in [-0.3, -0.25) is 4.79 Å². The Kier molecular flexibility index (Phi) is 2.63. The lowest BCUT2D eigenvalue weighted by Crippen LogP contribution is -2.23. The summed E-state index contributed by atoms with van der Waals surface area (Å²) in [6.45, 7) is 0. The van der Waals surface area contributed by atoms with Gasteiger partial charge in [-0.05, 0) is 29.8 Å². The number of amides is 1. The summed E-state index contributed by atoms with van der Waals surface area (Å²) >= 11 is 0. The predicted molar refractivity (Wildman–Crippen MR) is 71.3 cm³/mol. The third-order valence-electron chi connectivity index (χ3n) is 3.39. The van der Waals surface area contributed by atoms with Crippen LogP contribution in [0.25, 0.3) is 0 Å². The van der Waals surface area contributed by atoms with Crippen LogP contribution in [0.5, 0.6) is 11.5 Å². The van der Waals surface area contributed by atoms with E-state index < -0.39 is 0 Å². The minimum atomic E-state index is -0.239. The van der Waals surface area contributed by atoms with Gasteiger partial charge >= 0.3 is 0 Å². The van der Waals surface area contributed by atoms with Gasteiger partial charge in [0, 0.05) is 23.6 Å². The highest BCUT2D eigenvalue weighted by Gasteiger charge is 2.28. The molecule has 1 aliphatic heterocycles. The van der Waals surface area contributed by atoms with Crippen LogP contribution in [-0.4, -0.2) is 16.1 Å². The van der Waals surface area contributed by atoms with E-state index >= 15 is 0 Å². The average Bonchev–Trinajstić information content (AvgIpc) is 2.39. The number of para-hydroxylation sites is 1. The number of fused-ring (bicyclic) bond motifs is 1. The Morgan fingerprint density at radius 1 is 1.05 bits per heavy atom. The quantitative estimate of drug-likeness (QED) is 0.686. The molecular formula is C15H13NO3. The second-order valence-electron chi connectivity index (χ2n) is 4.64. The molecule has 2 aromatic rings. The van der Waals surface area contributed by atoms with Crippen molar-refractivity contribution in [2.75, 3.05) is 5.32 Å². The number of nitrogens with one attached hydrogen (secondary N) is 1. The molecule has 1 heterocycles. The summed E-state index contributed by atoms with van der Waals surface area (Å²) in [6, 6.07) is 11.8. The Labute approximate surface area is 110 Å². The van der Waals surface area contributed by atoms with Crippen molar-refractivity contribution < 1.29 is 15.0 Å². The maximum absolute atomic E-state index is 11.8. The van der Waals surface area contributed by atoms with Crippen LogP contribution in [-0.2, 0) is 4.79 Å². The van der Waals surface area contributed by atoms with Gasteiger partial charge in [-0.2, -0.15) is 0 Å². The highest BCUT2D eigenvalue weighted by molar-refractivity contribution is 5.95. The number of carbonyl (C=O) groups is 1. The van der Waals surface area contributed by atoms with Crippen LogP contribution in [0.4, 0.5) is 5.69 Å². The molecule has 96 valence electrons. The molecule has 4 heteroatoms. The Morgan fingerprint density at radius 2 is 1.84 bits per heavy atom. The maximum Gasteiger partial charge on any atom is 0.225 e. The molecule has 1 unspecified atom stereocenters. The van der Waals surface area contributed by atoms with Crippen molar-refractivity contribution >= 4 is 11.6 Å². The molecule has 0 spiro atoms. The molecule has 3 N–H and O–H groups in total. The average molecular weight is 255 g/mol. The smallest absolute Gasteiger partial charge is 0.225 e. The van der Waals surface area contributed by atoms with E-state index in [4.69, 9.17) is 0 Å². The second-order valence-corrected chi connectivity index (χ2v) is 4.64. The topological polar surface area (TPSA) is 69.6 Å². The fraction of sp³-hybridized carbons (Fsp3) is 0.133. The Bertz CT molecular complexity index is 652. The Hall–Kier alpha value is -2.49. The minimum Gasteiger partial charge on any atom is -0.508 e. The zero-order chi connectivity index (χ0) is 13.4. The van der Waals surface area contributed by atoms with Crippen LogP contribution in [0.2, 0.25) is 0 Å². The SMILES string of the molecule is O=C1CC(c2ccccc2O)c2cc(O)ccc2N1. The Balaban J connectivity index is 2.16. The van der Waals surface area contributed by atoms with Crippen molar-refractivity contribution in [2.45, 2.75) is 12.3 Å². The molecule has 0 radical (unpaired) electrons. The number of rotatable bonds is 1. The zero-order valence-electron chi connectivity index (χ0n) is 10.1. The summed E-state index contributed by atoms with van der Waals surface area (Å²) in [7, 11) is 0.